The third-order valence-corrected chi connectivity index (χ3v) is 7.31. The van der Waals surface area contributed by atoms with Crippen LogP contribution in [0.2, 0.25) is 0 Å². The molecule has 1 aliphatic heterocycles. The summed E-state index contributed by atoms with van der Waals surface area (Å²) in [5, 5.41) is 4.10. The predicted octanol–water partition coefficient (Wildman–Crippen LogP) is 4.49. The summed E-state index contributed by atoms with van der Waals surface area (Å²) in [7, 11) is 0. The van der Waals surface area contributed by atoms with Crippen LogP contribution in [0.1, 0.15) is 29.5 Å². The molecule has 0 unspecified atom stereocenters. The van der Waals surface area contributed by atoms with Crippen molar-refractivity contribution in [1.29, 1.82) is 0 Å². The Morgan fingerprint density at radius 2 is 1.86 bits per heavy atom. The molecule has 3 aromatic heterocycles. The van der Waals surface area contributed by atoms with E-state index in [4.69, 9.17) is 4.98 Å². The molecule has 1 fully saturated rings. The molecule has 0 atom stereocenters. The quantitative estimate of drug-likeness (QED) is 0.500. The van der Waals surface area contributed by atoms with Gasteiger partial charge in [0.2, 0.25) is 5.91 Å². The number of carbonyl (C=O) groups excluding carboxylic acids is 1. The zero-order chi connectivity index (χ0) is 18.9. The third-order valence-electron chi connectivity index (χ3n) is 5.20. The highest BCUT2D eigenvalue weighted by molar-refractivity contribution is 7.18. The molecule has 4 heterocycles. The second-order valence-electron chi connectivity index (χ2n) is 7.06. The van der Waals surface area contributed by atoms with Gasteiger partial charge >= 0.3 is 0 Å². The monoisotopic (exact) mass is 408 g/mol. The van der Waals surface area contributed by atoms with Crippen LogP contribution in [0.25, 0.3) is 15.3 Å². The summed E-state index contributed by atoms with van der Waals surface area (Å²) in [6.07, 6.45) is 6.28. The van der Waals surface area contributed by atoms with E-state index in [1.807, 2.05) is 45.4 Å². The van der Waals surface area contributed by atoms with Gasteiger partial charge in [-0.3, -0.25) is 4.79 Å². The summed E-state index contributed by atoms with van der Waals surface area (Å²) in [6, 6.07) is 12.2. The summed E-state index contributed by atoms with van der Waals surface area (Å²) < 4.78 is 3.22. The molecular formula is C21H20N4OS2. The highest BCUT2D eigenvalue weighted by Crippen LogP contribution is 2.33. The van der Waals surface area contributed by atoms with E-state index >= 15 is 0 Å². The largest absolute Gasteiger partial charge is 0.342 e. The predicted molar refractivity (Wildman–Crippen MR) is 113 cm³/mol. The number of rotatable bonds is 4. The van der Waals surface area contributed by atoms with Crippen LogP contribution in [0.4, 0.5) is 0 Å². The summed E-state index contributed by atoms with van der Waals surface area (Å²) in [6.45, 7) is 1.60. The van der Waals surface area contributed by atoms with E-state index < -0.39 is 0 Å². The number of thiazole rings is 2. The van der Waals surface area contributed by atoms with E-state index in [9.17, 15) is 4.79 Å². The maximum Gasteiger partial charge on any atom is 0.228 e. The van der Waals surface area contributed by atoms with E-state index in [0.29, 0.717) is 12.3 Å². The number of fused-ring (bicyclic) bond motifs is 1. The molecule has 0 radical (unpaired) electrons. The fraction of sp³-hybridized carbons (Fsp3) is 0.286. The number of carbonyl (C=O) groups is 1. The summed E-state index contributed by atoms with van der Waals surface area (Å²) in [4.78, 5) is 24.1. The zero-order valence-electron chi connectivity index (χ0n) is 15.3. The van der Waals surface area contributed by atoms with Crippen LogP contribution in [0.5, 0.6) is 0 Å². The number of piperidine rings is 1. The van der Waals surface area contributed by atoms with Gasteiger partial charge < -0.3 is 9.47 Å². The first-order valence-corrected chi connectivity index (χ1v) is 11.2. The second-order valence-corrected chi connectivity index (χ2v) is 8.96. The number of aromatic nitrogens is 3. The molecule has 142 valence electrons. The van der Waals surface area contributed by atoms with E-state index in [1.165, 1.54) is 9.71 Å². The molecule has 0 saturated carbocycles. The maximum atomic E-state index is 12.7. The van der Waals surface area contributed by atoms with E-state index in [2.05, 4.69) is 23.2 Å². The molecule has 0 N–H and O–H groups in total. The van der Waals surface area contributed by atoms with Gasteiger partial charge in [0.1, 0.15) is 0 Å². The lowest BCUT2D eigenvalue weighted by Gasteiger charge is -2.31. The van der Waals surface area contributed by atoms with Crippen molar-refractivity contribution in [2.24, 2.45) is 0 Å². The Bertz CT molecular complexity index is 1060. The van der Waals surface area contributed by atoms with Gasteiger partial charge in [-0.05, 0) is 37.1 Å². The normalized spacial score (nSPS) is 15.4. The van der Waals surface area contributed by atoms with Gasteiger partial charge in [0, 0.05) is 36.8 Å². The fourth-order valence-electron chi connectivity index (χ4n) is 3.67. The molecule has 0 aliphatic carbocycles. The number of para-hydroxylation sites is 1. The van der Waals surface area contributed by atoms with Crippen molar-refractivity contribution in [3.05, 3.63) is 64.9 Å². The molecule has 0 bridgehead atoms. The van der Waals surface area contributed by atoms with Crippen molar-refractivity contribution in [3.63, 3.8) is 0 Å². The Morgan fingerprint density at radius 1 is 1.07 bits per heavy atom. The Hall–Kier alpha value is -2.51. The number of nitrogens with zero attached hydrogens (tertiary/aromatic N) is 4. The number of amides is 1. The van der Waals surface area contributed by atoms with Gasteiger partial charge in [0.05, 0.1) is 27.3 Å². The zero-order valence-corrected chi connectivity index (χ0v) is 17.0. The van der Waals surface area contributed by atoms with Crippen LogP contribution >= 0.6 is 22.7 Å². The average Bonchev–Trinajstić information content (AvgIpc) is 3.47. The van der Waals surface area contributed by atoms with Gasteiger partial charge in [0.15, 0.2) is 5.13 Å². The minimum Gasteiger partial charge on any atom is -0.342 e. The molecule has 1 aromatic carbocycles. The number of hydrogen-bond acceptors (Lipinski definition) is 5. The van der Waals surface area contributed by atoms with Gasteiger partial charge in [0.25, 0.3) is 0 Å². The Kier molecular flexibility index (Phi) is 4.70. The van der Waals surface area contributed by atoms with Crippen LogP contribution < -0.4 is 0 Å². The number of benzene rings is 1. The van der Waals surface area contributed by atoms with E-state index in [1.54, 1.807) is 22.7 Å². The van der Waals surface area contributed by atoms with Crippen molar-refractivity contribution >= 4 is 38.8 Å². The first kappa shape index (κ1) is 17.6. The maximum absolute atomic E-state index is 12.7. The van der Waals surface area contributed by atoms with Crippen LogP contribution in [-0.4, -0.2) is 38.4 Å². The van der Waals surface area contributed by atoms with Crippen LogP contribution in [0, 0.1) is 0 Å². The second kappa shape index (κ2) is 7.48. The molecule has 28 heavy (non-hydrogen) atoms. The average molecular weight is 409 g/mol. The first-order valence-electron chi connectivity index (χ1n) is 9.47. The summed E-state index contributed by atoms with van der Waals surface area (Å²) in [5.41, 5.74) is 1.94. The van der Waals surface area contributed by atoms with Gasteiger partial charge in [-0.1, -0.05) is 12.1 Å². The number of likely N-dealkylation sites (tertiary alicyclic amines) is 1. The van der Waals surface area contributed by atoms with Crippen molar-refractivity contribution in [2.45, 2.75) is 25.2 Å². The van der Waals surface area contributed by atoms with Gasteiger partial charge in [-0.25, -0.2) is 9.97 Å². The van der Waals surface area contributed by atoms with Crippen LogP contribution in [0.15, 0.2) is 54.2 Å². The fourth-order valence-corrected chi connectivity index (χ4v) is 5.59. The summed E-state index contributed by atoms with van der Waals surface area (Å²) in [5.74, 6) is 0.633. The molecule has 1 aliphatic rings. The topological polar surface area (TPSA) is 51.0 Å². The molecule has 4 aromatic rings. The van der Waals surface area contributed by atoms with Crippen molar-refractivity contribution in [2.75, 3.05) is 13.1 Å². The van der Waals surface area contributed by atoms with Crippen LogP contribution in [-0.2, 0) is 11.2 Å². The van der Waals surface area contributed by atoms with E-state index in [0.717, 1.165) is 42.3 Å². The Balaban J connectivity index is 1.20. The molecule has 5 rings (SSSR count). The standard InChI is InChI=1S/C21H20N4OS2/c26-19(13-16-14-27-21(22-16)25-9-3-4-10-25)24-11-7-15(8-12-24)20-23-17-5-1-2-6-18(17)28-20/h1-6,9-10,14-15H,7-8,11-13H2. The minimum absolute atomic E-state index is 0.173. The van der Waals surface area contributed by atoms with E-state index in [-0.39, 0.29) is 5.91 Å². The molecule has 1 amide bonds. The smallest absolute Gasteiger partial charge is 0.228 e. The Labute approximate surface area is 171 Å². The lowest BCUT2D eigenvalue weighted by Crippen LogP contribution is -2.38. The SMILES string of the molecule is O=C(Cc1csc(-n2cccc2)n1)N1CCC(c2nc3ccccc3s2)CC1. The molecule has 7 heteroatoms. The number of hydrogen-bond donors (Lipinski definition) is 0. The lowest BCUT2D eigenvalue weighted by atomic mass is 9.97. The Morgan fingerprint density at radius 3 is 2.64 bits per heavy atom. The summed E-state index contributed by atoms with van der Waals surface area (Å²) >= 11 is 3.36. The van der Waals surface area contributed by atoms with Crippen molar-refractivity contribution in [1.82, 2.24) is 19.4 Å². The molecular weight excluding hydrogens is 388 g/mol. The van der Waals surface area contributed by atoms with Crippen LogP contribution in [0.3, 0.4) is 0 Å². The molecule has 1 saturated heterocycles. The first-order chi connectivity index (χ1) is 13.8. The van der Waals surface area contributed by atoms with Gasteiger partial charge in [-0.2, -0.15) is 0 Å². The highest BCUT2D eigenvalue weighted by Gasteiger charge is 2.26. The minimum atomic E-state index is 0.173. The highest BCUT2D eigenvalue weighted by atomic mass is 32.1. The lowest BCUT2D eigenvalue weighted by molar-refractivity contribution is -0.131. The van der Waals surface area contributed by atoms with Crippen molar-refractivity contribution < 1.29 is 4.79 Å². The molecule has 0 spiro atoms. The van der Waals surface area contributed by atoms with Crippen molar-refractivity contribution in [3.8, 4) is 5.13 Å². The third kappa shape index (κ3) is 3.47. The van der Waals surface area contributed by atoms with Gasteiger partial charge in [-0.15, -0.1) is 22.7 Å². The molecule has 5 nitrogen and oxygen atoms in total.